The summed E-state index contributed by atoms with van der Waals surface area (Å²) in [5.41, 5.74) is 8.54. The zero-order chi connectivity index (χ0) is 21.7. The van der Waals surface area contributed by atoms with Crippen molar-refractivity contribution in [3.63, 3.8) is 0 Å². The van der Waals surface area contributed by atoms with Crippen molar-refractivity contribution >= 4 is 47.8 Å². The molecule has 3 aliphatic rings. The Kier molecular flexibility index (Phi) is 3.69. The molecule has 0 aliphatic carbocycles. The molecule has 7 rings (SSSR count). The maximum absolute atomic E-state index is 6.63. The van der Waals surface area contributed by atoms with Crippen LogP contribution in [0.3, 0.4) is 0 Å². The van der Waals surface area contributed by atoms with Crippen molar-refractivity contribution in [3.8, 4) is 23.0 Å². The van der Waals surface area contributed by atoms with Gasteiger partial charge in [-0.05, 0) is 0 Å². The molecule has 0 saturated carbocycles. The molecule has 32 heavy (non-hydrogen) atoms. The molecule has 156 valence electrons. The Morgan fingerprint density at radius 3 is 1.66 bits per heavy atom. The molecule has 0 atom stereocenters. The fourth-order valence-corrected chi connectivity index (χ4v) is 13.7. The Morgan fingerprint density at radius 1 is 0.594 bits per heavy atom. The number of aryl methyl sites for hydroxylation is 4. The molecule has 3 nitrogen and oxygen atoms in total. The topological polar surface area (TPSA) is 21.7 Å². The Labute approximate surface area is 195 Å². The fraction of sp³-hybridized carbons (Fsp3) is 0.143. The molecule has 4 heteroatoms. The van der Waals surface area contributed by atoms with E-state index in [9.17, 15) is 0 Å². The molecule has 0 unspecified atom stereocenters. The van der Waals surface area contributed by atoms with Gasteiger partial charge in [-0.3, -0.25) is 0 Å². The molecule has 0 N–H and O–H groups in total. The minimum absolute atomic E-state index is 0.998. The molecule has 3 aliphatic heterocycles. The van der Waals surface area contributed by atoms with Gasteiger partial charge in [0, 0.05) is 0 Å². The van der Waals surface area contributed by atoms with Crippen LogP contribution in [0.5, 0.6) is 23.0 Å². The number of nitrogens with zero attached hydrogens (tertiary/aromatic N) is 1. The second-order valence-corrected chi connectivity index (χ2v) is 14.7. The van der Waals surface area contributed by atoms with Crippen molar-refractivity contribution in [2.45, 2.75) is 27.7 Å². The van der Waals surface area contributed by atoms with Crippen molar-refractivity contribution in [1.82, 2.24) is 0 Å². The van der Waals surface area contributed by atoms with Crippen LogP contribution in [0.25, 0.3) is 0 Å². The average Bonchev–Trinajstić information content (AvgIpc) is 2.78. The van der Waals surface area contributed by atoms with Gasteiger partial charge < -0.3 is 0 Å². The monoisotopic (exact) mass is 525 g/mol. The van der Waals surface area contributed by atoms with E-state index < -0.39 is 20.2 Å². The van der Waals surface area contributed by atoms with Crippen molar-refractivity contribution < 1.29 is 9.47 Å². The van der Waals surface area contributed by atoms with E-state index in [4.69, 9.17) is 9.47 Å². The predicted molar refractivity (Wildman–Crippen MR) is 131 cm³/mol. The van der Waals surface area contributed by atoms with Crippen LogP contribution in [-0.2, 0) is 0 Å². The summed E-state index contributed by atoms with van der Waals surface area (Å²) in [4.78, 5) is 2.41. The number of ether oxygens (including phenoxy) is 2. The summed E-state index contributed by atoms with van der Waals surface area (Å²) in [5.74, 6) is 4.12. The Bertz CT molecular complexity index is 1390. The summed E-state index contributed by atoms with van der Waals surface area (Å²) in [5, 5.41) is 0. The standard InChI is InChI=1S/C28H22NO2.Sb/c1-18-5-9-22(10-6-18)29-23-11-7-20(3)27(15-23)30-25-13-19(2)14-26(17-25)31-28-16-24(29)12-8-21(28)4;/h5-14H,1-4H3;. The summed E-state index contributed by atoms with van der Waals surface area (Å²) in [6, 6.07) is 22.2. The van der Waals surface area contributed by atoms with Crippen molar-refractivity contribution in [3.05, 3.63) is 82.9 Å². The summed E-state index contributed by atoms with van der Waals surface area (Å²) < 4.78 is 17.5. The molecule has 0 amide bonds. The van der Waals surface area contributed by atoms with Gasteiger partial charge in [0.05, 0.1) is 0 Å². The molecule has 0 radical (unpaired) electrons. The first-order valence-electron chi connectivity index (χ1n) is 11.0. The van der Waals surface area contributed by atoms with E-state index >= 15 is 0 Å². The number of hydrogen-bond acceptors (Lipinski definition) is 3. The zero-order valence-corrected chi connectivity index (χ0v) is 21.0. The first kappa shape index (κ1) is 18.6. The normalized spacial score (nSPS) is 14.6. The van der Waals surface area contributed by atoms with E-state index in [0.29, 0.717) is 0 Å². The third-order valence-electron chi connectivity index (χ3n) is 6.67. The Balaban J connectivity index is 1.62. The zero-order valence-electron chi connectivity index (χ0n) is 18.5. The van der Waals surface area contributed by atoms with Gasteiger partial charge in [0.2, 0.25) is 0 Å². The van der Waals surface area contributed by atoms with Crippen LogP contribution in [0.1, 0.15) is 22.3 Å². The van der Waals surface area contributed by atoms with E-state index in [0.717, 1.165) is 23.0 Å². The van der Waals surface area contributed by atoms with E-state index in [1.807, 2.05) is 0 Å². The maximum atomic E-state index is 6.63. The fourth-order valence-electron chi connectivity index (χ4n) is 5.12. The first-order chi connectivity index (χ1) is 15.5. The second-order valence-electron chi connectivity index (χ2n) is 8.98. The average molecular weight is 526 g/mol. The molecule has 0 spiro atoms. The van der Waals surface area contributed by atoms with Gasteiger partial charge in [-0.1, -0.05) is 0 Å². The van der Waals surface area contributed by atoms with Gasteiger partial charge >= 0.3 is 196 Å². The van der Waals surface area contributed by atoms with Crippen LogP contribution in [0, 0.1) is 27.7 Å². The van der Waals surface area contributed by atoms with Gasteiger partial charge in [-0.2, -0.15) is 0 Å². The molecule has 0 aromatic heterocycles. The van der Waals surface area contributed by atoms with Gasteiger partial charge in [0.25, 0.3) is 0 Å². The quantitative estimate of drug-likeness (QED) is 0.267. The molecule has 0 fully saturated rings. The molecule has 4 aromatic carbocycles. The van der Waals surface area contributed by atoms with E-state index in [2.05, 4.69) is 93.3 Å². The molecular weight excluding hydrogens is 504 g/mol. The molecule has 3 heterocycles. The van der Waals surface area contributed by atoms with Crippen LogP contribution >= 0.6 is 0 Å². The molecular formula is C28H22NO2Sb. The summed E-state index contributed by atoms with van der Waals surface area (Å²) in [6.45, 7) is 8.59. The number of anilines is 3. The number of benzene rings is 4. The number of hydrogen-bond donors (Lipinski definition) is 0. The van der Waals surface area contributed by atoms with Crippen molar-refractivity contribution in [2.24, 2.45) is 0 Å². The van der Waals surface area contributed by atoms with Crippen LogP contribution in [-0.4, -0.2) is 20.2 Å². The number of rotatable bonds is 1. The van der Waals surface area contributed by atoms with E-state index in [-0.39, 0.29) is 0 Å². The predicted octanol–water partition coefficient (Wildman–Crippen LogP) is 5.43. The summed E-state index contributed by atoms with van der Waals surface area (Å²) in [6.07, 6.45) is 0. The van der Waals surface area contributed by atoms with Crippen LogP contribution in [0.2, 0.25) is 0 Å². The minimum atomic E-state index is -2.36. The van der Waals surface area contributed by atoms with Crippen LogP contribution < -0.4 is 24.9 Å². The summed E-state index contributed by atoms with van der Waals surface area (Å²) in [7, 11) is 0. The van der Waals surface area contributed by atoms with E-state index in [1.165, 1.54) is 49.8 Å². The SMILES string of the molecule is Cc1ccc(N2c3ccc(C)c4[c]3[Sb]3[c]5c(cc(C)cc5Oc5c(C)ccc2[c]53)O4)cc1. The van der Waals surface area contributed by atoms with Crippen LogP contribution in [0.4, 0.5) is 17.1 Å². The Morgan fingerprint density at radius 2 is 1.12 bits per heavy atom. The van der Waals surface area contributed by atoms with Gasteiger partial charge in [-0.25, -0.2) is 0 Å². The first-order valence-corrected chi connectivity index (χ1v) is 14.8. The van der Waals surface area contributed by atoms with Crippen molar-refractivity contribution in [1.29, 1.82) is 0 Å². The van der Waals surface area contributed by atoms with E-state index in [1.54, 1.807) is 0 Å². The van der Waals surface area contributed by atoms with Gasteiger partial charge in [0.15, 0.2) is 0 Å². The van der Waals surface area contributed by atoms with Gasteiger partial charge in [0.1, 0.15) is 0 Å². The van der Waals surface area contributed by atoms with Crippen LogP contribution in [0.15, 0.2) is 60.7 Å². The van der Waals surface area contributed by atoms with Crippen molar-refractivity contribution in [2.75, 3.05) is 4.90 Å². The molecule has 4 aromatic rings. The third kappa shape index (κ3) is 2.33. The second kappa shape index (κ2) is 6.33. The molecule has 0 saturated heterocycles. The summed E-state index contributed by atoms with van der Waals surface area (Å²) >= 11 is -2.36. The third-order valence-corrected chi connectivity index (χ3v) is 14.2. The molecule has 0 bridgehead atoms. The Hall–Kier alpha value is -2.90. The van der Waals surface area contributed by atoms with Gasteiger partial charge in [-0.15, -0.1) is 0 Å².